The fraction of sp³-hybridized carbons (Fsp3) is 0.708. The van der Waals surface area contributed by atoms with Gasteiger partial charge in [0.05, 0.1) is 13.2 Å². The molecule has 1 heterocycles. The Hall–Kier alpha value is -1.55. The van der Waals surface area contributed by atoms with Crippen molar-refractivity contribution in [2.75, 3.05) is 26.7 Å². The molecule has 0 spiro atoms. The number of likely N-dealkylation sites (tertiary alicyclic amines) is 1. The van der Waals surface area contributed by atoms with Gasteiger partial charge in [-0.2, -0.15) is 0 Å². The molecular weight excluding hydrogens is 348 g/mol. The summed E-state index contributed by atoms with van der Waals surface area (Å²) in [6.45, 7) is 5.21. The van der Waals surface area contributed by atoms with Crippen molar-refractivity contribution < 1.29 is 9.53 Å². The van der Waals surface area contributed by atoms with Crippen LogP contribution in [0.15, 0.2) is 24.3 Å². The summed E-state index contributed by atoms with van der Waals surface area (Å²) in [7, 11) is 1.70. The highest BCUT2D eigenvalue weighted by Gasteiger charge is 2.28. The molecule has 2 fully saturated rings. The van der Waals surface area contributed by atoms with Crippen LogP contribution in [0.5, 0.6) is 5.75 Å². The van der Waals surface area contributed by atoms with E-state index in [2.05, 4.69) is 29.3 Å². The van der Waals surface area contributed by atoms with Crippen LogP contribution in [-0.2, 0) is 4.79 Å². The van der Waals surface area contributed by atoms with Crippen molar-refractivity contribution in [2.24, 2.45) is 11.8 Å². The lowest BCUT2D eigenvalue weighted by molar-refractivity contribution is -0.126. The van der Waals surface area contributed by atoms with Gasteiger partial charge >= 0.3 is 0 Å². The minimum absolute atomic E-state index is 0.216. The van der Waals surface area contributed by atoms with Gasteiger partial charge in [-0.05, 0) is 75.2 Å². The number of unbranched alkanes of at least 4 members (excludes halogenated alkanes) is 1. The summed E-state index contributed by atoms with van der Waals surface area (Å²) in [5.41, 5.74) is 1.27. The first kappa shape index (κ1) is 21.2. The molecule has 0 bridgehead atoms. The number of benzene rings is 1. The maximum absolute atomic E-state index is 12.8. The molecule has 3 rings (SSSR count). The van der Waals surface area contributed by atoms with Crippen molar-refractivity contribution >= 4 is 5.91 Å². The van der Waals surface area contributed by atoms with Crippen molar-refractivity contribution in [1.29, 1.82) is 0 Å². The molecule has 0 aromatic heterocycles. The summed E-state index contributed by atoms with van der Waals surface area (Å²) in [5, 5.41) is 3.30. The third kappa shape index (κ3) is 5.73. The largest absolute Gasteiger partial charge is 0.497 e. The van der Waals surface area contributed by atoms with Crippen LogP contribution in [0.2, 0.25) is 0 Å². The van der Waals surface area contributed by atoms with E-state index in [1.165, 1.54) is 50.5 Å². The smallest absolute Gasteiger partial charge is 0.223 e. The first-order valence-corrected chi connectivity index (χ1v) is 11.4. The van der Waals surface area contributed by atoms with Crippen molar-refractivity contribution in [3.05, 3.63) is 29.8 Å². The Morgan fingerprint density at radius 1 is 1.14 bits per heavy atom. The van der Waals surface area contributed by atoms with Crippen molar-refractivity contribution in [3.63, 3.8) is 0 Å². The number of amides is 1. The Kier molecular flexibility index (Phi) is 8.20. The maximum atomic E-state index is 12.8. The Balaban J connectivity index is 1.53. The van der Waals surface area contributed by atoms with Crippen LogP contribution in [-0.4, -0.2) is 37.6 Å². The lowest BCUT2D eigenvalue weighted by atomic mass is 9.79. The van der Waals surface area contributed by atoms with Crippen LogP contribution >= 0.6 is 0 Å². The van der Waals surface area contributed by atoms with E-state index < -0.39 is 0 Å². The van der Waals surface area contributed by atoms with E-state index in [1.807, 2.05) is 12.1 Å². The molecule has 28 heavy (non-hydrogen) atoms. The molecule has 1 aromatic carbocycles. The number of hydrogen-bond donors (Lipinski definition) is 1. The Labute approximate surface area is 171 Å². The fourth-order valence-electron chi connectivity index (χ4n) is 4.88. The lowest BCUT2D eigenvalue weighted by Crippen LogP contribution is -2.40. The van der Waals surface area contributed by atoms with Crippen LogP contribution in [0.4, 0.5) is 0 Å². The molecule has 2 aliphatic rings. The van der Waals surface area contributed by atoms with Gasteiger partial charge in [-0.3, -0.25) is 9.69 Å². The molecule has 156 valence electrons. The van der Waals surface area contributed by atoms with Gasteiger partial charge in [-0.25, -0.2) is 0 Å². The summed E-state index contributed by atoms with van der Waals surface area (Å²) >= 11 is 0. The molecule has 1 amide bonds. The average Bonchev–Trinajstić information content (AvgIpc) is 3.27. The van der Waals surface area contributed by atoms with Gasteiger partial charge in [-0.15, -0.1) is 0 Å². The number of nitrogens with zero attached hydrogens (tertiary/aromatic N) is 1. The van der Waals surface area contributed by atoms with E-state index >= 15 is 0 Å². The standard InChI is InChI=1S/C24H38N2O2/c1-3-4-7-19-8-10-21(11-9-19)24(27)25-18-23(26-16-5-6-17-26)20-12-14-22(28-2)15-13-20/h12-15,19,21,23H,3-11,16-18H2,1-2H3,(H,25,27)/t19?,21?,23-/m0/s1. The van der Waals surface area contributed by atoms with Gasteiger partial charge in [-0.1, -0.05) is 38.3 Å². The zero-order valence-electron chi connectivity index (χ0n) is 17.8. The Morgan fingerprint density at radius 3 is 2.43 bits per heavy atom. The van der Waals surface area contributed by atoms with Crippen LogP contribution < -0.4 is 10.1 Å². The predicted molar refractivity (Wildman–Crippen MR) is 115 cm³/mol. The number of hydrogen-bond acceptors (Lipinski definition) is 3. The molecule has 0 unspecified atom stereocenters. The number of rotatable bonds is 9. The van der Waals surface area contributed by atoms with E-state index in [1.54, 1.807) is 7.11 Å². The second-order valence-corrected chi connectivity index (χ2v) is 8.64. The SMILES string of the molecule is CCCCC1CCC(C(=O)NC[C@@H](c2ccc(OC)cc2)N2CCCC2)CC1. The lowest BCUT2D eigenvalue weighted by Gasteiger charge is -2.31. The number of carbonyl (C=O) groups excluding carboxylic acids is 1. The van der Waals surface area contributed by atoms with E-state index in [4.69, 9.17) is 4.74 Å². The molecule has 4 nitrogen and oxygen atoms in total. The first-order chi connectivity index (χ1) is 13.7. The van der Waals surface area contributed by atoms with Crippen molar-refractivity contribution in [1.82, 2.24) is 10.2 Å². The van der Waals surface area contributed by atoms with Gasteiger partial charge in [0.25, 0.3) is 0 Å². The minimum atomic E-state index is 0.216. The highest BCUT2D eigenvalue weighted by Crippen LogP contribution is 2.32. The highest BCUT2D eigenvalue weighted by molar-refractivity contribution is 5.78. The summed E-state index contributed by atoms with van der Waals surface area (Å²) in [6, 6.07) is 8.60. The maximum Gasteiger partial charge on any atom is 0.223 e. The molecule has 4 heteroatoms. The Morgan fingerprint density at radius 2 is 1.82 bits per heavy atom. The predicted octanol–water partition coefficient (Wildman–Crippen LogP) is 4.94. The van der Waals surface area contributed by atoms with E-state index in [9.17, 15) is 4.79 Å². The third-order valence-corrected chi connectivity index (χ3v) is 6.74. The van der Waals surface area contributed by atoms with Crippen molar-refractivity contribution in [2.45, 2.75) is 70.8 Å². The molecule has 0 radical (unpaired) electrons. The summed E-state index contributed by atoms with van der Waals surface area (Å²) < 4.78 is 5.30. The van der Waals surface area contributed by atoms with Crippen molar-refractivity contribution in [3.8, 4) is 5.75 Å². The summed E-state index contributed by atoms with van der Waals surface area (Å²) in [5.74, 6) is 2.22. The zero-order chi connectivity index (χ0) is 19.8. The van der Waals surface area contributed by atoms with Crippen LogP contribution in [0.3, 0.4) is 0 Å². The second-order valence-electron chi connectivity index (χ2n) is 8.64. The number of carbonyl (C=O) groups is 1. The molecule has 1 saturated carbocycles. The normalized spacial score (nSPS) is 24.1. The molecular formula is C24H38N2O2. The summed E-state index contributed by atoms with van der Waals surface area (Å²) in [4.78, 5) is 15.3. The molecule has 1 aliphatic carbocycles. The molecule has 1 aromatic rings. The van der Waals surface area contributed by atoms with Gasteiger partial charge in [0.15, 0.2) is 0 Å². The van der Waals surface area contributed by atoms with Crippen LogP contribution in [0.1, 0.15) is 76.3 Å². The van der Waals surface area contributed by atoms with Gasteiger partial charge in [0.1, 0.15) is 5.75 Å². The van der Waals surface area contributed by atoms with Crippen LogP contribution in [0.25, 0.3) is 0 Å². The van der Waals surface area contributed by atoms with E-state index in [0.717, 1.165) is 37.6 Å². The Bertz CT molecular complexity index is 587. The zero-order valence-corrected chi connectivity index (χ0v) is 17.8. The average molecular weight is 387 g/mol. The number of methoxy groups -OCH3 is 1. The van der Waals surface area contributed by atoms with E-state index in [0.29, 0.717) is 6.54 Å². The highest BCUT2D eigenvalue weighted by atomic mass is 16.5. The van der Waals surface area contributed by atoms with Gasteiger partial charge < -0.3 is 10.1 Å². The summed E-state index contributed by atoms with van der Waals surface area (Å²) in [6.07, 6.45) is 11.1. The quantitative estimate of drug-likeness (QED) is 0.653. The molecule has 1 aliphatic heterocycles. The van der Waals surface area contributed by atoms with Gasteiger partial charge in [0, 0.05) is 12.5 Å². The second kappa shape index (κ2) is 10.8. The molecule has 1 atom stereocenters. The minimum Gasteiger partial charge on any atom is -0.497 e. The first-order valence-electron chi connectivity index (χ1n) is 11.4. The molecule has 1 N–H and O–H groups in total. The number of ether oxygens (including phenoxy) is 1. The topological polar surface area (TPSA) is 41.6 Å². The molecule has 1 saturated heterocycles. The van der Waals surface area contributed by atoms with E-state index in [-0.39, 0.29) is 17.9 Å². The third-order valence-electron chi connectivity index (χ3n) is 6.74. The monoisotopic (exact) mass is 386 g/mol. The van der Waals surface area contributed by atoms with Crippen LogP contribution in [0, 0.1) is 11.8 Å². The van der Waals surface area contributed by atoms with Gasteiger partial charge in [0.2, 0.25) is 5.91 Å². The fourth-order valence-corrected chi connectivity index (χ4v) is 4.88. The number of nitrogens with one attached hydrogen (secondary N) is 1.